The average molecular weight is 405 g/mol. The van der Waals surface area contributed by atoms with Crippen LogP contribution in [0, 0.1) is 5.82 Å². The Balaban J connectivity index is 1.39. The number of carbonyl (C=O) groups is 1. The van der Waals surface area contributed by atoms with E-state index in [0.29, 0.717) is 11.3 Å². The van der Waals surface area contributed by atoms with Gasteiger partial charge in [-0.1, -0.05) is 30.3 Å². The summed E-state index contributed by atoms with van der Waals surface area (Å²) in [6, 6.07) is 13.7. The van der Waals surface area contributed by atoms with Crippen LogP contribution in [0.15, 0.2) is 59.5 Å². The lowest BCUT2D eigenvalue weighted by Crippen LogP contribution is -2.49. The number of piperidine rings is 1. The van der Waals surface area contributed by atoms with Gasteiger partial charge in [-0.15, -0.1) is 0 Å². The number of halogens is 1. The lowest BCUT2D eigenvalue weighted by Gasteiger charge is -2.40. The highest BCUT2D eigenvalue weighted by atomic mass is 19.1. The molecule has 0 aliphatic carbocycles. The van der Waals surface area contributed by atoms with Crippen molar-refractivity contribution in [2.45, 2.75) is 56.7 Å². The summed E-state index contributed by atoms with van der Waals surface area (Å²) in [6.07, 6.45) is 5.35. The van der Waals surface area contributed by atoms with E-state index in [4.69, 9.17) is 0 Å². The standard InChI is InChI=1S/C24H24FN3O2/c1-15(28-24(30)22-5-3-2-4-17(22)14-26-28)23(29)27-20-10-11-21(27)13-18(12-20)16-6-8-19(25)9-7-16/h2-9,14-15,18,20-21H,10-13H2,1H3/t15-,18?,20-,21+/m1/s1. The molecule has 6 heteroatoms. The van der Waals surface area contributed by atoms with Crippen molar-refractivity contribution in [1.29, 1.82) is 0 Å². The van der Waals surface area contributed by atoms with Gasteiger partial charge in [0, 0.05) is 17.5 Å². The Hall–Kier alpha value is -3.02. The smallest absolute Gasteiger partial charge is 0.275 e. The molecule has 5 nitrogen and oxygen atoms in total. The summed E-state index contributed by atoms with van der Waals surface area (Å²) in [5.41, 5.74) is 0.906. The number of hydrogen-bond acceptors (Lipinski definition) is 3. The molecule has 5 rings (SSSR count). The summed E-state index contributed by atoms with van der Waals surface area (Å²) >= 11 is 0. The van der Waals surface area contributed by atoms with Gasteiger partial charge in [-0.25, -0.2) is 9.07 Å². The van der Waals surface area contributed by atoms with Crippen LogP contribution < -0.4 is 5.56 Å². The predicted molar refractivity (Wildman–Crippen MR) is 113 cm³/mol. The second-order valence-corrected chi connectivity index (χ2v) is 8.51. The zero-order valence-electron chi connectivity index (χ0n) is 16.9. The second kappa shape index (κ2) is 7.35. The molecule has 3 heterocycles. The first-order valence-corrected chi connectivity index (χ1v) is 10.6. The third-order valence-corrected chi connectivity index (χ3v) is 6.77. The van der Waals surface area contributed by atoms with Crippen molar-refractivity contribution >= 4 is 16.7 Å². The molecule has 2 aromatic carbocycles. The summed E-state index contributed by atoms with van der Waals surface area (Å²) in [6.45, 7) is 1.76. The molecule has 2 aliphatic rings. The van der Waals surface area contributed by atoms with E-state index < -0.39 is 6.04 Å². The number of carbonyl (C=O) groups excluding carboxylic acids is 1. The fraction of sp³-hybridized carbons (Fsp3) is 0.375. The molecule has 3 aromatic rings. The molecule has 1 amide bonds. The summed E-state index contributed by atoms with van der Waals surface area (Å²) in [5, 5.41) is 5.64. The van der Waals surface area contributed by atoms with Gasteiger partial charge < -0.3 is 4.90 Å². The van der Waals surface area contributed by atoms with Crippen molar-refractivity contribution in [3.63, 3.8) is 0 Å². The second-order valence-electron chi connectivity index (χ2n) is 8.51. The molecule has 2 fully saturated rings. The summed E-state index contributed by atoms with van der Waals surface area (Å²) < 4.78 is 14.6. The largest absolute Gasteiger partial charge is 0.335 e. The van der Waals surface area contributed by atoms with E-state index in [1.54, 1.807) is 19.2 Å². The van der Waals surface area contributed by atoms with E-state index in [-0.39, 0.29) is 29.4 Å². The van der Waals surface area contributed by atoms with Gasteiger partial charge in [0.1, 0.15) is 11.9 Å². The Morgan fingerprint density at radius 2 is 1.73 bits per heavy atom. The van der Waals surface area contributed by atoms with E-state index in [1.807, 2.05) is 35.2 Å². The first kappa shape index (κ1) is 19.0. The van der Waals surface area contributed by atoms with Crippen molar-refractivity contribution in [3.05, 3.63) is 76.5 Å². The highest BCUT2D eigenvalue weighted by molar-refractivity contribution is 5.83. The molecular weight excluding hydrogens is 381 g/mol. The minimum Gasteiger partial charge on any atom is -0.335 e. The van der Waals surface area contributed by atoms with Crippen molar-refractivity contribution in [2.75, 3.05) is 0 Å². The SMILES string of the molecule is C[C@H](C(=O)N1[C@@H]2CC[C@H]1CC(c1ccc(F)cc1)C2)n1ncc2ccccc2c1=O. The quantitative estimate of drug-likeness (QED) is 0.661. The Morgan fingerprint density at radius 1 is 1.07 bits per heavy atom. The molecule has 4 atom stereocenters. The molecule has 1 aromatic heterocycles. The minimum absolute atomic E-state index is 0.0371. The predicted octanol–water partition coefficient (Wildman–Crippen LogP) is 4.03. The molecule has 30 heavy (non-hydrogen) atoms. The van der Waals surface area contributed by atoms with Gasteiger partial charge in [0.25, 0.3) is 5.56 Å². The molecule has 0 radical (unpaired) electrons. The number of rotatable bonds is 3. The lowest BCUT2D eigenvalue weighted by atomic mass is 9.85. The Kier molecular flexibility index (Phi) is 4.65. The van der Waals surface area contributed by atoms with Crippen molar-refractivity contribution in [3.8, 4) is 0 Å². The van der Waals surface area contributed by atoms with Crippen LogP contribution in [0.25, 0.3) is 10.8 Å². The van der Waals surface area contributed by atoms with Crippen molar-refractivity contribution < 1.29 is 9.18 Å². The molecule has 0 N–H and O–H groups in total. The van der Waals surface area contributed by atoms with Gasteiger partial charge in [0.05, 0.1) is 11.6 Å². The number of aromatic nitrogens is 2. The number of nitrogens with zero attached hydrogens (tertiary/aromatic N) is 3. The van der Waals surface area contributed by atoms with E-state index in [1.165, 1.54) is 16.8 Å². The maximum absolute atomic E-state index is 13.4. The molecule has 1 unspecified atom stereocenters. The summed E-state index contributed by atoms with van der Waals surface area (Å²) in [7, 11) is 0. The highest BCUT2D eigenvalue weighted by Gasteiger charge is 2.45. The number of hydrogen-bond donors (Lipinski definition) is 0. The molecule has 154 valence electrons. The molecule has 2 aliphatic heterocycles. The van der Waals surface area contributed by atoms with E-state index in [9.17, 15) is 14.0 Å². The monoisotopic (exact) mass is 405 g/mol. The Bertz CT molecular complexity index is 1140. The van der Waals surface area contributed by atoms with Crippen LogP contribution in [0.1, 0.15) is 50.1 Å². The maximum Gasteiger partial charge on any atom is 0.275 e. The van der Waals surface area contributed by atoms with Crippen molar-refractivity contribution in [1.82, 2.24) is 14.7 Å². The van der Waals surface area contributed by atoms with Crippen LogP contribution in [0.2, 0.25) is 0 Å². The Labute approximate surface area is 174 Å². The normalized spacial score (nSPS) is 24.2. The van der Waals surface area contributed by atoms with Gasteiger partial charge in [0.2, 0.25) is 5.91 Å². The van der Waals surface area contributed by atoms with Crippen LogP contribution >= 0.6 is 0 Å². The molecule has 2 saturated heterocycles. The molecule has 2 bridgehead atoms. The topological polar surface area (TPSA) is 55.2 Å². The molecular formula is C24H24FN3O2. The van der Waals surface area contributed by atoms with Gasteiger partial charge in [-0.05, 0) is 62.3 Å². The fourth-order valence-electron chi connectivity index (χ4n) is 5.24. The molecule has 0 spiro atoms. The molecule has 0 saturated carbocycles. The van der Waals surface area contributed by atoms with Crippen LogP contribution in [-0.2, 0) is 4.79 Å². The average Bonchev–Trinajstić information content (AvgIpc) is 3.03. The fourth-order valence-corrected chi connectivity index (χ4v) is 5.24. The van der Waals surface area contributed by atoms with Crippen LogP contribution in [-0.4, -0.2) is 32.7 Å². The van der Waals surface area contributed by atoms with Crippen LogP contribution in [0.3, 0.4) is 0 Å². The first-order valence-electron chi connectivity index (χ1n) is 10.6. The third kappa shape index (κ3) is 3.11. The third-order valence-electron chi connectivity index (χ3n) is 6.77. The Morgan fingerprint density at radius 3 is 2.43 bits per heavy atom. The van der Waals surface area contributed by atoms with Gasteiger partial charge in [0.15, 0.2) is 0 Å². The highest BCUT2D eigenvalue weighted by Crippen LogP contribution is 2.43. The first-order chi connectivity index (χ1) is 14.5. The van der Waals surface area contributed by atoms with Crippen LogP contribution in [0.5, 0.6) is 0 Å². The van der Waals surface area contributed by atoms with E-state index in [2.05, 4.69) is 5.10 Å². The maximum atomic E-state index is 13.4. The zero-order valence-corrected chi connectivity index (χ0v) is 16.9. The summed E-state index contributed by atoms with van der Waals surface area (Å²) in [4.78, 5) is 28.3. The number of benzene rings is 2. The van der Waals surface area contributed by atoms with Gasteiger partial charge in [-0.2, -0.15) is 5.10 Å². The van der Waals surface area contributed by atoms with Crippen molar-refractivity contribution in [2.24, 2.45) is 0 Å². The zero-order chi connectivity index (χ0) is 20.8. The van der Waals surface area contributed by atoms with Gasteiger partial charge in [-0.3, -0.25) is 9.59 Å². The van der Waals surface area contributed by atoms with E-state index >= 15 is 0 Å². The minimum atomic E-state index is -0.646. The van der Waals surface area contributed by atoms with Crippen LogP contribution in [0.4, 0.5) is 4.39 Å². The number of amides is 1. The lowest BCUT2D eigenvalue weighted by molar-refractivity contribution is -0.139. The summed E-state index contributed by atoms with van der Waals surface area (Å²) in [5.74, 6) is 0.0744. The van der Waals surface area contributed by atoms with E-state index in [0.717, 1.165) is 36.6 Å². The van der Waals surface area contributed by atoms with Gasteiger partial charge >= 0.3 is 0 Å². The number of fused-ring (bicyclic) bond motifs is 3.